The molecule has 0 spiro atoms. The van der Waals surface area contributed by atoms with Gasteiger partial charge in [0.25, 0.3) is 5.91 Å². The number of carbonyl (C=O) groups is 2. The number of benzene rings is 2. The summed E-state index contributed by atoms with van der Waals surface area (Å²) in [5.74, 6) is 0.153. The predicted molar refractivity (Wildman–Crippen MR) is 112 cm³/mol. The molecule has 5 nitrogen and oxygen atoms in total. The predicted octanol–water partition coefficient (Wildman–Crippen LogP) is 4.14. The first-order valence-corrected chi connectivity index (χ1v) is 10.2. The number of carbonyl (C=O) groups excluding carboxylic acids is 2. The van der Waals surface area contributed by atoms with E-state index in [0.29, 0.717) is 18.8 Å². The summed E-state index contributed by atoms with van der Waals surface area (Å²) in [5.41, 5.74) is 0.928. The second-order valence-electron chi connectivity index (χ2n) is 5.96. The molecule has 1 unspecified atom stereocenters. The zero-order valence-electron chi connectivity index (χ0n) is 15.2. The van der Waals surface area contributed by atoms with E-state index in [2.05, 4.69) is 37.2 Å². The van der Waals surface area contributed by atoms with Crippen molar-refractivity contribution >= 4 is 43.7 Å². The van der Waals surface area contributed by atoms with Crippen LogP contribution in [0.2, 0.25) is 0 Å². The van der Waals surface area contributed by atoms with Crippen LogP contribution in [0.5, 0.6) is 5.75 Å². The molecule has 7 heteroatoms. The van der Waals surface area contributed by atoms with Crippen molar-refractivity contribution in [1.82, 2.24) is 10.2 Å². The van der Waals surface area contributed by atoms with E-state index >= 15 is 0 Å². The van der Waals surface area contributed by atoms with Gasteiger partial charge in [-0.25, -0.2) is 0 Å². The summed E-state index contributed by atoms with van der Waals surface area (Å²) in [5, 5.41) is 2.77. The quantitative estimate of drug-likeness (QED) is 0.596. The third-order valence-corrected chi connectivity index (χ3v) is 4.96. The van der Waals surface area contributed by atoms with Crippen molar-refractivity contribution in [3.05, 3.63) is 63.0 Å². The topological polar surface area (TPSA) is 58.6 Å². The van der Waals surface area contributed by atoms with Crippen LogP contribution in [0.3, 0.4) is 0 Å². The maximum atomic E-state index is 12.8. The van der Waals surface area contributed by atoms with Crippen LogP contribution in [0.1, 0.15) is 19.4 Å². The van der Waals surface area contributed by atoms with Gasteiger partial charge in [-0.1, -0.05) is 44.0 Å². The molecule has 27 heavy (non-hydrogen) atoms. The lowest BCUT2D eigenvalue weighted by atomic mass is 10.1. The van der Waals surface area contributed by atoms with E-state index in [4.69, 9.17) is 4.74 Å². The Morgan fingerprint density at radius 2 is 1.81 bits per heavy atom. The van der Waals surface area contributed by atoms with Gasteiger partial charge in [-0.2, -0.15) is 0 Å². The van der Waals surface area contributed by atoms with Gasteiger partial charge in [0.15, 0.2) is 6.61 Å². The van der Waals surface area contributed by atoms with Gasteiger partial charge in [0.2, 0.25) is 5.91 Å². The summed E-state index contributed by atoms with van der Waals surface area (Å²) < 4.78 is 7.46. The molecule has 0 aliphatic rings. The maximum Gasteiger partial charge on any atom is 0.261 e. The number of hydrogen-bond donors (Lipinski definition) is 1. The molecule has 0 saturated heterocycles. The molecular formula is C20H22Br2N2O3. The van der Waals surface area contributed by atoms with Crippen molar-refractivity contribution in [2.45, 2.75) is 26.4 Å². The van der Waals surface area contributed by atoms with E-state index in [1.54, 1.807) is 19.1 Å². The Morgan fingerprint density at radius 1 is 1.11 bits per heavy atom. The number of hydrogen-bond acceptors (Lipinski definition) is 3. The van der Waals surface area contributed by atoms with E-state index in [1.165, 1.54) is 4.90 Å². The molecule has 0 radical (unpaired) electrons. The third kappa shape index (κ3) is 6.66. The van der Waals surface area contributed by atoms with Gasteiger partial charge in [-0.05, 0) is 55.8 Å². The van der Waals surface area contributed by atoms with Gasteiger partial charge in [0.05, 0.1) is 0 Å². The second-order valence-corrected chi connectivity index (χ2v) is 7.80. The molecule has 1 atom stereocenters. The van der Waals surface area contributed by atoms with Crippen molar-refractivity contribution in [2.75, 3.05) is 13.2 Å². The first kappa shape index (κ1) is 21.4. The van der Waals surface area contributed by atoms with Gasteiger partial charge < -0.3 is 15.0 Å². The monoisotopic (exact) mass is 496 g/mol. The van der Waals surface area contributed by atoms with Crippen LogP contribution >= 0.6 is 31.9 Å². The van der Waals surface area contributed by atoms with Gasteiger partial charge in [0, 0.05) is 22.0 Å². The summed E-state index contributed by atoms with van der Waals surface area (Å²) >= 11 is 6.80. The van der Waals surface area contributed by atoms with Crippen molar-refractivity contribution in [2.24, 2.45) is 0 Å². The Bertz CT molecular complexity index is 781. The first-order valence-electron chi connectivity index (χ1n) is 8.60. The van der Waals surface area contributed by atoms with Crippen molar-refractivity contribution < 1.29 is 14.3 Å². The van der Waals surface area contributed by atoms with Crippen molar-refractivity contribution in [1.29, 1.82) is 0 Å². The second kappa shape index (κ2) is 10.5. The number of nitrogens with one attached hydrogen (secondary N) is 1. The zero-order chi connectivity index (χ0) is 19.8. The minimum Gasteiger partial charge on any atom is -0.484 e. The molecule has 2 amide bonds. The zero-order valence-corrected chi connectivity index (χ0v) is 18.4. The number of amides is 2. The Balaban J connectivity index is 2.12. The largest absolute Gasteiger partial charge is 0.484 e. The normalized spacial score (nSPS) is 11.6. The summed E-state index contributed by atoms with van der Waals surface area (Å²) in [6, 6.07) is 14.3. The molecule has 0 fully saturated rings. The average Bonchev–Trinajstić information content (AvgIpc) is 2.65. The highest BCUT2D eigenvalue weighted by atomic mass is 79.9. The van der Waals surface area contributed by atoms with Gasteiger partial charge in [0.1, 0.15) is 11.8 Å². The number of halogens is 2. The van der Waals surface area contributed by atoms with Crippen LogP contribution in [-0.4, -0.2) is 35.9 Å². The average molecular weight is 498 g/mol. The fraction of sp³-hybridized carbons (Fsp3) is 0.300. The lowest BCUT2D eigenvalue weighted by Gasteiger charge is -2.28. The van der Waals surface area contributed by atoms with E-state index in [-0.39, 0.29) is 18.4 Å². The van der Waals surface area contributed by atoms with Crippen LogP contribution < -0.4 is 10.1 Å². The molecule has 144 valence electrons. The van der Waals surface area contributed by atoms with Gasteiger partial charge >= 0.3 is 0 Å². The Morgan fingerprint density at radius 3 is 2.44 bits per heavy atom. The van der Waals surface area contributed by atoms with E-state index < -0.39 is 6.04 Å². The summed E-state index contributed by atoms with van der Waals surface area (Å²) in [7, 11) is 0. The SMILES string of the molecule is CCNC(=O)C(C)N(Cc1cccc(Br)c1)C(=O)COc1ccc(Br)cc1. The molecule has 0 aromatic heterocycles. The highest BCUT2D eigenvalue weighted by molar-refractivity contribution is 9.10. The lowest BCUT2D eigenvalue weighted by Crippen LogP contribution is -2.49. The molecule has 2 aromatic carbocycles. The van der Waals surface area contributed by atoms with Crippen molar-refractivity contribution in [3.63, 3.8) is 0 Å². The molecule has 0 bridgehead atoms. The van der Waals surface area contributed by atoms with Crippen LogP contribution in [0.25, 0.3) is 0 Å². The third-order valence-electron chi connectivity index (χ3n) is 3.94. The molecule has 0 heterocycles. The van der Waals surface area contributed by atoms with Crippen LogP contribution in [0, 0.1) is 0 Å². The van der Waals surface area contributed by atoms with E-state index in [0.717, 1.165) is 14.5 Å². The fourth-order valence-corrected chi connectivity index (χ4v) is 3.21. The number of likely N-dealkylation sites (N-methyl/N-ethyl adjacent to an activating group) is 1. The van der Waals surface area contributed by atoms with Crippen LogP contribution in [-0.2, 0) is 16.1 Å². The smallest absolute Gasteiger partial charge is 0.261 e. The molecule has 0 aliphatic carbocycles. The summed E-state index contributed by atoms with van der Waals surface area (Å²) in [6.07, 6.45) is 0. The number of ether oxygens (including phenoxy) is 1. The van der Waals surface area contributed by atoms with E-state index in [1.807, 2.05) is 43.3 Å². The summed E-state index contributed by atoms with van der Waals surface area (Å²) in [4.78, 5) is 26.7. The minimum absolute atomic E-state index is 0.140. The highest BCUT2D eigenvalue weighted by Gasteiger charge is 2.26. The summed E-state index contributed by atoms with van der Waals surface area (Å²) in [6.45, 7) is 4.26. The highest BCUT2D eigenvalue weighted by Crippen LogP contribution is 2.18. The number of rotatable bonds is 8. The Hall–Kier alpha value is -1.86. The fourth-order valence-electron chi connectivity index (χ4n) is 2.50. The molecule has 2 rings (SSSR count). The first-order chi connectivity index (χ1) is 12.9. The molecule has 0 saturated carbocycles. The van der Waals surface area contributed by atoms with Gasteiger partial charge in [-0.15, -0.1) is 0 Å². The van der Waals surface area contributed by atoms with Crippen LogP contribution in [0.4, 0.5) is 0 Å². The maximum absolute atomic E-state index is 12.8. The molecule has 2 aromatic rings. The van der Waals surface area contributed by atoms with E-state index in [9.17, 15) is 9.59 Å². The number of nitrogens with zero attached hydrogens (tertiary/aromatic N) is 1. The molecule has 1 N–H and O–H groups in total. The lowest BCUT2D eigenvalue weighted by molar-refractivity contribution is -0.142. The minimum atomic E-state index is -0.607. The molecular weight excluding hydrogens is 476 g/mol. The van der Waals surface area contributed by atoms with Crippen molar-refractivity contribution in [3.8, 4) is 5.75 Å². The van der Waals surface area contributed by atoms with Gasteiger partial charge in [-0.3, -0.25) is 9.59 Å². The standard InChI is InChI=1S/C20H22Br2N2O3/c1-3-23-20(26)14(2)24(12-15-5-4-6-17(22)11-15)19(25)13-27-18-9-7-16(21)8-10-18/h4-11,14H,3,12-13H2,1-2H3,(H,23,26). The van der Waals surface area contributed by atoms with Crippen LogP contribution in [0.15, 0.2) is 57.5 Å². The Kier molecular flexibility index (Phi) is 8.31. The Labute approximate surface area is 176 Å². The molecule has 0 aliphatic heterocycles.